The number of nitrogens with zero attached hydrogens (tertiary/aromatic N) is 2. The molecule has 132 valence electrons. The van der Waals surface area contributed by atoms with Crippen molar-refractivity contribution in [1.82, 2.24) is 4.57 Å². The van der Waals surface area contributed by atoms with E-state index in [2.05, 4.69) is 76.3 Å². The number of halogens is 1. The molecule has 5 heteroatoms. The molecule has 0 radical (unpaired) electrons. The van der Waals surface area contributed by atoms with Crippen LogP contribution in [0, 0.1) is 17.4 Å². The molecule has 0 aliphatic carbocycles. The molecular formula is C21H19IN2O2. The fraction of sp³-hybridized carbons (Fsp3) is 0.143. The Morgan fingerprint density at radius 3 is 2.38 bits per heavy atom. The molecule has 2 aromatic carbocycles. The minimum absolute atomic E-state index is 0.291. The topological polar surface area (TPSA) is 54.6 Å². The number of hydrogen-bond donors (Lipinski definition) is 1. The smallest absolute Gasteiger partial charge is 0.335 e. The Balaban J connectivity index is 1.78. The maximum absolute atomic E-state index is 10.9. The summed E-state index contributed by atoms with van der Waals surface area (Å²) < 4.78 is 3.43. The lowest BCUT2D eigenvalue weighted by Gasteiger charge is -2.09. The number of aryl methyl sites for hydroxylation is 1. The van der Waals surface area contributed by atoms with Gasteiger partial charge in [0.15, 0.2) is 0 Å². The van der Waals surface area contributed by atoms with Gasteiger partial charge in [0.05, 0.1) is 12.1 Å². The molecule has 0 aliphatic rings. The summed E-state index contributed by atoms with van der Waals surface area (Å²) in [5, 5.41) is 8.94. The van der Waals surface area contributed by atoms with Gasteiger partial charge in [-0.1, -0.05) is 12.1 Å². The highest BCUT2D eigenvalue weighted by molar-refractivity contribution is 14.1. The maximum atomic E-state index is 10.9. The predicted octanol–water partition coefficient (Wildman–Crippen LogP) is 5.02. The Bertz CT molecular complexity index is 955. The second kappa shape index (κ2) is 7.86. The number of rotatable bonds is 5. The molecule has 0 atom stereocenters. The number of carbonyl (C=O) groups is 1. The van der Waals surface area contributed by atoms with Crippen LogP contribution in [0.15, 0.2) is 59.6 Å². The Morgan fingerprint density at radius 1 is 1.12 bits per heavy atom. The summed E-state index contributed by atoms with van der Waals surface area (Å²) in [5.41, 5.74) is 5.81. The van der Waals surface area contributed by atoms with Crippen molar-refractivity contribution in [3.8, 4) is 5.69 Å². The fourth-order valence-corrected chi connectivity index (χ4v) is 3.27. The fourth-order valence-electron chi connectivity index (χ4n) is 2.91. The minimum Gasteiger partial charge on any atom is -0.478 e. The molecule has 0 amide bonds. The molecule has 0 saturated carbocycles. The van der Waals surface area contributed by atoms with Crippen LogP contribution in [0.1, 0.15) is 32.9 Å². The lowest BCUT2D eigenvalue weighted by atomic mass is 10.1. The van der Waals surface area contributed by atoms with Gasteiger partial charge in [0.1, 0.15) is 0 Å². The molecule has 0 bridgehead atoms. The van der Waals surface area contributed by atoms with Crippen molar-refractivity contribution in [3.63, 3.8) is 0 Å². The highest BCUT2D eigenvalue weighted by Crippen LogP contribution is 2.20. The number of benzene rings is 2. The van der Waals surface area contributed by atoms with Gasteiger partial charge < -0.3 is 9.67 Å². The van der Waals surface area contributed by atoms with E-state index in [9.17, 15) is 4.79 Å². The van der Waals surface area contributed by atoms with Crippen LogP contribution in [0.3, 0.4) is 0 Å². The van der Waals surface area contributed by atoms with E-state index >= 15 is 0 Å². The molecule has 26 heavy (non-hydrogen) atoms. The summed E-state index contributed by atoms with van der Waals surface area (Å²) in [6, 6.07) is 17.4. The van der Waals surface area contributed by atoms with Crippen LogP contribution >= 0.6 is 22.6 Å². The van der Waals surface area contributed by atoms with E-state index in [1.807, 2.05) is 6.21 Å². The molecule has 0 unspecified atom stereocenters. The van der Waals surface area contributed by atoms with Gasteiger partial charge in [0.25, 0.3) is 0 Å². The number of carboxylic acid groups (broad SMARTS) is 1. The molecule has 1 aromatic heterocycles. The summed E-state index contributed by atoms with van der Waals surface area (Å²) in [5.74, 6) is -0.914. The van der Waals surface area contributed by atoms with Gasteiger partial charge >= 0.3 is 5.97 Å². The summed E-state index contributed by atoms with van der Waals surface area (Å²) in [7, 11) is 0. The predicted molar refractivity (Wildman–Crippen MR) is 113 cm³/mol. The second-order valence-corrected chi connectivity index (χ2v) is 7.36. The molecule has 0 spiro atoms. The first-order chi connectivity index (χ1) is 12.5. The number of aromatic carboxylic acids is 1. The highest BCUT2D eigenvalue weighted by atomic mass is 127. The maximum Gasteiger partial charge on any atom is 0.335 e. The van der Waals surface area contributed by atoms with Crippen LogP contribution in [0.5, 0.6) is 0 Å². The van der Waals surface area contributed by atoms with Crippen molar-refractivity contribution in [2.45, 2.75) is 20.4 Å². The van der Waals surface area contributed by atoms with Crippen LogP contribution in [0.2, 0.25) is 0 Å². The van der Waals surface area contributed by atoms with Gasteiger partial charge in [0.2, 0.25) is 0 Å². The third-order valence-corrected chi connectivity index (χ3v) is 4.98. The van der Waals surface area contributed by atoms with Crippen molar-refractivity contribution >= 4 is 34.8 Å². The van der Waals surface area contributed by atoms with Gasteiger partial charge in [-0.05, 0) is 84.5 Å². The largest absolute Gasteiger partial charge is 0.478 e. The van der Waals surface area contributed by atoms with E-state index in [1.165, 1.54) is 3.57 Å². The van der Waals surface area contributed by atoms with E-state index in [4.69, 9.17) is 5.11 Å². The Kier molecular flexibility index (Phi) is 5.56. The molecule has 4 nitrogen and oxygen atoms in total. The lowest BCUT2D eigenvalue weighted by Crippen LogP contribution is -1.99. The van der Waals surface area contributed by atoms with Gasteiger partial charge in [-0.15, -0.1) is 0 Å². The highest BCUT2D eigenvalue weighted by Gasteiger charge is 2.09. The van der Waals surface area contributed by atoms with Crippen molar-refractivity contribution in [1.29, 1.82) is 0 Å². The van der Waals surface area contributed by atoms with Crippen molar-refractivity contribution in [2.24, 2.45) is 4.99 Å². The lowest BCUT2D eigenvalue weighted by molar-refractivity contribution is 0.0697. The second-order valence-electron chi connectivity index (χ2n) is 6.11. The van der Waals surface area contributed by atoms with E-state index in [0.717, 1.165) is 28.2 Å². The van der Waals surface area contributed by atoms with E-state index in [-0.39, 0.29) is 0 Å². The zero-order chi connectivity index (χ0) is 18.7. The molecule has 1 heterocycles. The summed E-state index contributed by atoms with van der Waals surface area (Å²) in [6.45, 7) is 4.70. The average molecular weight is 458 g/mol. The molecule has 0 saturated heterocycles. The third-order valence-electron chi connectivity index (χ3n) is 4.26. The molecule has 0 aliphatic heterocycles. The molecule has 3 aromatic rings. The van der Waals surface area contributed by atoms with Crippen molar-refractivity contribution < 1.29 is 9.90 Å². The van der Waals surface area contributed by atoms with Gasteiger partial charge in [-0.3, -0.25) is 4.99 Å². The zero-order valence-electron chi connectivity index (χ0n) is 14.6. The van der Waals surface area contributed by atoms with Crippen LogP contribution in [0.25, 0.3) is 5.69 Å². The molecular weight excluding hydrogens is 439 g/mol. The van der Waals surface area contributed by atoms with Crippen LogP contribution in [-0.4, -0.2) is 21.9 Å². The normalized spacial score (nSPS) is 11.2. The average Bonchev–Trinajstić information content (AvgIpc) is 2.90. The van der Waals surface area contributed by atoms with Crippen LogP contribution in [-0.2, 0) is 6.54 Å². The van der Waals surface area contributed by atoms with Gasteiger partial charge in [-0.25, -0.2) is 4.79 Å². The Hall–Kier alpha value is -2.41. The number of aromatic nitrogens is 1. The number of aliphatic imine (C=N–C) groups is 1. The monoisotopic (exact) mass is 458 g/mol. The summed E-state index contributed by atoms with van der Waals surface area (Å²) >= 11 is 2.30. The molecule has 1 N–H and O–H groups in total. The summed E-state index contributed by atoms with van der Waals surface area (Å²) in [6.07, 6.45) is 1.89. The van der Waals surface area contributed by atoms with E-state index in [0.29, 0.717) is 12.1 Å². The SMILES string of the molecule is Cc1cc(C=NCc2ccc(C(=O)O)cc2)c(C)n1-c1ccc(I)cc1. The van der Waals surface area contributed by atoms with Gasteiger partial charge in [0, 0.05) is 32.4 Å². The van der Waals surface area contributed by atoms with E-state index in [1.54, 1.807) is 24.3 Å². The molecule has 3 rings (SSSR count). The molecule has 0 fully saturated rings. The quantitative estimate of drug-likeness (QED) is 0.432. The first kappa shape index (κ1) is 18.4. The van der Waals surface area contributed by atoms with Crippen molar-refractivity contribution in [2.75, 3.05) is 0 Å². The van der Waals surface area contributed by atoms with Gasteiger partial charge in [-0.2, -0.15) is 0 Å². The van der Waals surface area contributed by atoms with Crippen LogP contribution in [0.4, 0.5) is 0 Å². The van der Waals surface area contributed by atoms with Crippen LogP contribution < -0.4 is 0 Å². The number of carboxylic acids is 1. The first-order valence-corrected chi connectivity index (χ1v) is 9.30. The number of hydrogen-bond acceptors (Lipinski definition) is 2. The first-order valence-electron chi connectivity index (χ1n) is 8.22. The Labute approximate surface area is 166 Å². The van der Waals surface area contributed by atoms with Crippen molar-refractivity contribution in [3.05, 3.63) is 86.2 Å². The van der Waals surface area contributed by atoms with E-state index < -0.39 is 5.97 Å². The standard InChI is InChI=1S/C21H19IN2O2/c1-14-11-18(15(2)24(14)20-9-7-19(22)8-10-20)13-23-12-16-3-5-17(6-4-16)21(25)26/h3-11,13H,12H2,1-2H3,(H,25,26). The minimum atomic E-state index is -0.914. The Morgan fingerprint density at radius 2 is 1.77 bits per heavy atom. The zero-order valence-corrected chi connectivity index (χ0v) is 16.8. The summed E-state index contributed by atoms with van der Waals surface area (Å²) in [4.78, 5) is 15.4. The third kappa shape index (κ3) is 4.04.